The number of carbonyl (C=O) groups is 1. The molecule has 3 rings (SSSR count). The SMILES string of the molecule is Cc1cccc(Nc2ccc(NC(=O)NC3CCCCC3)nc2)c1. The van der Waals surface area contributed by atoms with E-state index in [1.54, 1.807) is 12.3 Å². The van der Waals surface area contributed by atoms with Gasteiger partial charge in [0.25, 0.3) is 0 Å². The maximum Gasteiger partial charge on any atom is 0.320 e. The molecule has 0 aliphatic heterocycles. The van der Waals surface area contributed by atoms with Crippen LogP contribution in [-0.2, 0) is 0 Å². The Bertz CT molecular complexity index is 678. The zero-order valence-corrected chi connectivity index (χ0v) is 14.0. The highest BCUT2D eigenvalue weighted by atomic mass is 16.2. The van der Waals surface area contributed by atoms with Crippen LogP contribution in [0.15, 0.2) is 42.6 Å². The van der Waals surface area contributed by atoms with E-state index in [-0.39, 0.29) is 6.03 Å². The van der Waals surface area contributed by atoms with Crippen LogP contribution in [0, 0.1) is 6.92 Å². The van der Waals surface area contributed by atoms with Crippen LogP contribution < -0.4 is 16.0 Å². The summed E-state index contributed by atoms with van der Waals surface area (Å²) in [7, 11) is 0. The number of anilines is 3. The van der Waals surface area contributed by atoms with Crippen molar-refractivity contribution in [2.75, 3.05) is 10.6 Å². The minimum absolute atomic E-state index is 0.172. The number of carbonyl (C=O) groups excluding carboxylic acids is 1. The Morgan fingerprint density at radius 2 is 1.92 bits per heavy atom. The molecule has 3 N–H and O–H groups in total. The zero-order chi connectivity index (χ0) is 16.8. The van der Waals surface area contributed by atoms with Gasteiger partial charge in [-0.1, -0.05) is 31.4 Å². The topological polar surface area (TPSA) is 66.0 Å². The number of pyridine rings is 1. The number of nitrogens with zero attached hydrogens (tertiary/aromatic N) is 1. The number of benzene rings is 1. The summed E-state index contributed by atoms with van der Waals surface area (Å²) < 4.78 is 0. The Labute approximate surface area is 142 Å². The first-order chi connectivity index (χ1) is 11.7. The Balaban J connectivity index is 1.53. The average Bonchev–Trinajstić information content (AvgIpc) is 2.57. The molecule has 126 valence electrons. The van der Waals surface area contributed by atoms with Crippen molar-refractivity contribution >= 4 is 23.2 Å². The van der Waals surface area contributed by atoms with Gasteiger partial charge in [0.1, 0.15) is 5.82 Å². The van der Waals surface area contributed by atoms with Crippen LogP contribution in [0.3, 0.4) is 0 Å². The molecule has 1 aliphatic rings. The summed E-state index contributed by atoms with van der Waals surface area (Å²) in [5.41, 5.74) is 3.11. The first kappa shape index (κ1) is 16.3. The number of hydrogen-bond donors (Lipinski definition) is 3. The predicted octanol–water partition coefficient (Wildman–Crippen LogP) is 4.59. The molecule has 5 heteroatoms. The molecular formula is C19H24N4O. The number of rotatable bonds is 4. The summed E-state index contributed by atoms with van der Waals surface area (Å²) in [4.78, 5) is 16.3. The fraction of sp³-hybridized carbons (Fsp3) is 0.368. The van der Waals surface area contributed by atoms with Crippen LogP contribution in [0.25, 0.3) is 0 Å². The molecule has 1 aromatic heterocycles. The summed E-state index contributed by atoms with van der Waals surface area (Å²) in [5.74, 6) is 0.554. The molecule has 0 unspecified atom stereocenters. The second kappa shape index (κ2) is 7.81. The standard InChI is InChI=1S/C19H24N4O/c1-14-6-5-9-16(12-14)21-17-10-11-18(20-13-17)23-19(24)22-15-7-3-2-4-8-15/h5-6,9-13,15,21H,2-4,7-8H2,1H3,(H2,20,22,23,24). The van der Waals surface area contributed by atoms with Crippen LogP contribution in [0.1, 0.15) is 37.7 Å². The van der Waals surface area contributed by atoms with E-state index < -0.39 is 0 Å². The first-order valence-corrected chi connectivity index (χ1v) is 8.56. The van der Waals surface area contributed by atoms with Gasteiger partial charge in [-0.3, -0.25) is 5.32 Å². The number of amides is 2. The molecule has 0 radical (unpaired) electrons. The predicted molar refractivity (Wildman–Crippen MR) is 97.7 cm³/mol. The molecule has 0 spiro atoms. The number of nitrogens with one attached hydrogen (secondary N) is 3. The molecule has 0 bridgehead atoms. The Morgan fingerprint density at radius 3 is 2.62 bits per heavy atom. The summed E-state index contributed by atoms with van der Waals surface area (Å²) >= 11 is 0. The van der Waals surface area contributed by atoms with Gasteiger partial charge >= 0.3 is 6.03 Å². The fourth-order valence-electron chi connectivity index (χ4n) is 3.02. The quantitative estimate of drug-likeness (QED) is 0.770. The molecule has 5 nitrogen and oxygen atoms in total. The average molecular weight is 324 g/mol. The van der Waals surface area contributed by atoms with Gasteiger partial charge in [0.2, 0.25) is 0 Å². The number of hydrogen-bond acceptors (Lipinski definition) is 3. The van der Waals surface area contributed by atoms with Gasteiger partial charge in [0.15, 0.2) is 0 Å². The molecule has 1 heterocycles. The zero-order valence-electron chi connectivity index (χ0n) is 14.0. The van der Waals surface area contributed by atoms with Crippen molar-refractivity contribution in [3.63, 3.8) is 0 Å². The first-order valence-electron chi connectivity index (χ1n) is 8.56. The monoisotopic (exact) mass is 324 g/mol. The van der Waals surface area contributed by atoms with Crippen molar-refractivity contribution in [2.24, 2.45) is 0 Å². The van der Waals surface area contributed by atoms with Crippen molar-refractivity contribution in [2.45, 2.75) is 45.1 Å². The van der Waals surface area contributed by atoms with Gasteiger partial charge in [0.05, 0.1) is 11.9 Å². The minimum Gasteiger partial charge on any atom is -0.354 e. The van der Waals surface area contributed by atoms with E-state index in [2.05, 4.69) is 40.0 Å². The van der Waals surface area contributed by atoms with Crippen molar-refractivity contribution in [1.82, 2.24) is 10.3 Å². The van der Waals surface area contributed by atoms with E-state index in [4.69, 9.17) is 0 Å². The lowest BCUT2D eigenvalue weighted by atomic mass is 9.96. The summed E-state index contributed by atoms with van der Waals surface area (Å²) in [6.07, 6.45) is 7.53. The summed E-state index contributed by atoms with van der Waals surface area (Å²) in [6.45, 7) is 2.06. The number of urea groups is 1. The van der Waals surface area contributed by atoms with E-state index in [0.29, 0.717) is 11.9 Å². The highest BCUT2D eigenvalue weighted by Crippen LogP contribution is 2.19. The van der Waals surface area contributed by atoms with E-state index >= 15 is 0 Å². The van der Waals surface area contributed by atoms with Crippen LogP contribution in [0.5, 0.6) is 0 Å². The third-order valence-electron chi connectivity index (χ3n) is 4.25. The molecule has 24 heavy (non-hydrogen) atoms. The molecule has 1 aromatic carbocycles. The highest BCUT2D eigenvalue weighted by Gasteiger charge is 2.15. The normalized spacial score (nSPS) is 14.9. The van der Waals surface area contributed by atoms with Crippen molar-refractivity contribution < 1.29 is 4.79 Å². The molecular weight excluding hydrogens is 300 g/mol. The van der Waals surface area contributed by atoms with Crippen LogP contribution in [0.2, 0.25) is 0 Å². The molecule has 1 saturated carbocycles. The van der Waals surface area contributed by atoms with Crippen molar-refractivity contribution in [3.8, 4) is 0 Å². The highest BCUT2D eigenvalue weighted by molar-refractivity contribution is 5.88. The van der Waals surface area contributed by atoms with E-state index in [1.807, 2.05) is 18.2 Å². The largest absolute Gasteiger partial charge is 0.354 e. The van der Waals surface area contributed by atoms with E-state index in [1.165, 1.54) is 24.8 Å². The van der Waals surface area contributed by atoms with Gasteiger partial charge in [-0.2, -0.15) is 0 Å². The fourth-order valence-corrected chi connectivity index (χ4v) is 3.02. The van der Waals surface area contributed by atoms with Gasteiger partial charge in [-0.25, -0.2) is 9.78 Å². The number of aromatic nitrogens is 1. The smallest absolute Gasteiger partial charge is 0.320 e. The van der Waals surface area contributed by atoms with Gasteiger partial charge in [-0.15, -0.1) is 0 Å². The van der Waals surface area contributed by atoms with Gasteiger partial charge in [-0.05, 0) is 49.6 Å². The second-order valence-electron chi connectivity index (χ2n) is 6.36. The molecule has 1 fully saturated rings. The molecule has 1 aliphatic carbocycles. The molecule has 0 atom stereocenters. The second-order valence-corrected chi connectivity index (χ2v) is 6.36. The van der Waals surface area contributed by atoms with Crippen LogP contribution in [0.4, 0.5) is 22.0 Å². The maximum absolute atomic E-state index is 12.0. The van der Waals surface area contributed by atoms with Crippen LogP contribution in [-0.4, -0.2) is 17.1 Å². The number of aryl methyl sites for hydroxylation is 1. The molecule has 2 aromatic rings. The third kappa shape index (κ3) is 4.72. The van der Waals surface area contributed by atoms with Crippen molar-refractivity contribution in [3.05, 3.63) is 48.2 Å². The van der Waals surface area contributed by atoms with Crippen LogP contribution >= 0.6 is 0 Å². The Hall–Kier alpha value is -2.56. The summed E-state index contributed by atoms with van der Waals surface area (Å²) in [6, 6.07) is 12.0. The Kier molecular flexibility index (Phi) is 5.31. The molecule has 0 saturated heterocycles. The Morgan fingerprint density at radius 1 is 1.08 bits per heavy atom. The molecule has 2 amide bonds. The lowest BCUT2D eigenvalue weighted by Crippen LogP contribution is -2.39. The maximum atomic E-state index is 12.0. The third-order valence-corrected chi connectivity index (χ3v) is 4.25. The lowest BCUT2D eigenvalue weighted by molar-refractivity contribution is 0.244. The van der Waals surface area contributed by atoms with E-state index in [0.717, 1.165) is 24.2 Å². The minimum atomic E-state index is -0.172. The summed E-state index contributed by atoms with van der Waals surface area (Å²) in [5, 5.41) is 9.12. The van der Waals surface area contributed by atoms with Crippen molar-refractivity contribution in [1.29, 1.82) is 0 Å². The lowest BCUT2D eigenvalue weighted by Gasteiger charge is -2.22. The van der Waals surface area contributed by atoms with Gasteiger partial charge in [0, 0.05) is 11.7 Å². The van der Waals surface area contributed by atoms with E-state index in [9.17, 15) is 4.79 Å². The van der Waals surface area contributed by atoms with Gasteiger partial charge < -0.3 is 10.6 Å².